The van der Waals surface area contributed by atoms with Crippen molar-refractivity contribution in [2.24, 2.45) is 94.7 Å². The van der Waals surface area contributed by atoms with Gasteiger partial charge in [-0.05, 0) is 108 Å². The average molecular weight is 1350 g/mol. The molecule has 92 heavy (non-hydrogen) atoms. The fourth-order valence-electron chi connectivity index (χ4n) is 15.4. The molecule has 15 atom stereocenters. The number of aryl methyl sites for hydroxylation is 2. The minimum Gasteiger partial charge on any atom is -0.394 e. The molecule has 0 aliphatic carbocycles. The van der Waals surface area contributed by atoms with Crippen LogP contribution in [0.25, 0.3) is 11.0 Å². The molecule has 15 unspecified atom stereocenters. The van der Waals surface area contributed by atoms with Gasteiger partial charge in [0.1, 0.15) is 18.3 Å². The predicted molar refractivity (Wildman–Crippen MR) is 340 cm³/mol. The van der Waals surface area contributed by atoms with Crippen LogP contribution in [0.3, 0.4) is 0 Å². The van der Waals surface area contributed by atoms with E-state index in [1.54, 1.807) is 4.57 Å². The smallest absolute Gasteiger partial charge is 0.394 e. The Morgan fingerprint density at radius 2 is 1.39 bits per heavy atom. The number of aliphatic hydroxyl groups is 2. The maximum atomic E-state index is 14.4. The maximum absolute atomic E-state index is 14.4. The Morgan fingerprint density at radius 3 is 1.97 bits per heavy atom. The summed E-state index contributed by atoms with van der Waals surface area (Å²) < 4.78 is 32.3. The van der Waals surface area contributed by atoms with E-state index in [4.69, 9.17) is 63.2 Å². The van der Waals surface area contributed by atoms with Crippen LogP contribution in [0.15, 0.2) is 67.8 Å². The molecule has 6 aliphatic rings. The molecule has 27 nitrogen and oxygen atoms in total. The molecule has 6 aliphatic heterocycles. The van der Waals surface area contributed by atoms with E-state index in [0.29, 0.717) is 56.4 Å². The topological polar surface area (TPSA) is 460 Å². The van der Waals surface area contributed by atoms with E-state index in [0.717, 1.165) is 11.1 Å². The number of aliphatic hydroxyl groups excluding tert-OH is 2. The van der Waals surface area contributed by atoms with Crippen molar-refractivity contribution in [1.29, 1.82) is 0 Å². The first-order chi connectivity index (χ1) is 41.8. The van der Waals surface area contributed by atoms with Crippen LogP contribution in [0.2, 0.25) is 0 Å². The maximum Gasteiger partial charge on any atom is 2.00 e. The zero-order chi connectivity index (χ0) is 66.7. The SMILES string of the molecule is C/C1=C2N=C(/C=C3\N/C(=C(/C)C4=NC(C)(C5N=C1C(C)(CCC(=O)NCC(C)OP(=O)(O)OC1C(CO)OC(n6cnc7cc(C)c(C)cc76)C1O)C5CC(N)=O)C(C)(CC(N)=O)C4CCC(N)=O)C(C)(CC(N)=O)C3CCC(N)=O)C(C)(C)C/2CCC(N)=O.[CH3-].[Co+2]. The van der Waals surface area contributed by atoms with Gasteiger partial charge in [-0.1, -0.05) is 34.6 Å². The first-order valence-corrected chi connectivity index (χ1v) is 32.1. The Hall–Kier alpha value is -6.49. The van der Waals surface area contributed by atoms with Crippen molar-refractivity contribution in [3.63, 3.8) is 0 Å². The van der Waals surface area contributed by atoms with Crippen molar-refractivity contribution in [3.8, 4) is 0 Å². The van der Waals surface area contributed by atoms with Gasteiger partial charge >= 0.3 is 24.6 Å². The monoisotopic (exact) mass is 1350 g/mol. The van der Waals surface area contributed by atoms with Crippen molar-refractivity contribution in [2.75, 3.05) is 13.2 Å². The molecule has 507 valence electrons. The number of rotatable bonds is 26. The normalized spacial score (nSPS) is 33.5. The Balaban J connectivity index is 0.00000672. The standard InChI is InChI=1S/C62H90N13O14P.CH3.Co/c1-29-20-39-40(21-30(29)2)75(28-70-39)57-52(84)53(41(27-76)87-57)89-90(85,86)88-31(3)26-69-49(83)18-19-59(8)37(22-46(66)80)56-62(11)61(10,25-48(68)82)36(14-17-45(65)79)51(74-62)33(5)55-60(9,24-47(67)81)34(12-15-43(63)77)38(71-55)23-42-58(6,7)35(13-16-44(64)78)50(72-42)32(4)54(59)73-56;;/h20-21,23,28,31,34-37,41,52-53,56-57,71,76,84H,12-19,22,24-27H2,1-11H3,(H2,63,77)(H2,64,78)(H2,65,79)(H2,66,80)(H2,67,81)(H2,68,82)(H,69,83)(H,85,86);1H3;/q;-1;+2/b38-23-,50-32-,55-33-;;. The van der Waals surface area contributed by atoms with Crippen LogP contribution in [-0.2, 0) is 68.7 Å². The predicted octanol–water partition coefficient (Wildman–Crippen LogP) is 3.61. The van der Waals surface area contributed by atoms with Crippen molar-refractivity contribution in [3.05, 3.63) is 71.3 Å². The number of ether oxygens (including phenoxy) is 1. The molecule has 2 saturated heterocycles. The van der Waals surface area contributed by atoms with Gasteiger partial charge in [-0.3, -0.25) is 57.6 Å². The Kier molecular flexibility index (Phi) is 22.6. The summed E-state index contributed by atoms with van der Waals surface area (Å²) in [4.78, 5) is 126. The Bertz CT molecular complexity index is 3540. The average Bonchev–Trinajstić information content (AvgIpc) is 1.53. The number of nitrogens with one attached hydrogen (secondary N) is 2. The second-order valence-electron chi connectivity index (χ2n) is 27.1. The number of phosphoric acid groups is 1. The van der Waals surface area contributed by atoms with Gasteiger partial charge in [0.25, 0.3) is 0 Å². The number of aliphatic imine (C=N–C) groups is 3. The van der Waals surface area contributed by atoms with Gasteiger partial charge in [0.2, 0.25) is 41.4 Å². The Morgan fingerprint density at radius 1 is 0.804 bits per heavy atom. The molecular weight excluding hydrogens is 1250 g/mol. The fraction of sp³-hybridized carbons (Fsp3) is 0.619. The summed E-state index contributed by atoms with van der Waals surface area (Å²) >= 11 is 0. The molecule has 1 aromatic carbocycles. The summed E-state index contributed by atoms with van der Waals surface area (Å²) in [7, 11) is -5.07. The number of fused-ring (bicyclic) bond motifs is 7. The molecular formula is C63H93CoN13O14P+. The molecule has 7 amide bonds. The van der Waals surface area contributed by atoms with Crippen LogP contribution in [0, 0.1) is 66.6 Å². The molecule has 1 aromatic heterocycles. The molecule has 7 heterocycles. The molecule has 29 heteroatoms. The van der Waals surface area contributed by atoms with E-state index in [9.17, 15) is 53.2 Å². The van der Waals surface area contributed by atoms with Gasteiger partial charge in [-0.2, -0.15) is 0 Å². The third kappa shape index (κ3) is 14.1. The summed E-state index contributed by atoms with van der Waals surface area (Å²) in [6, 6.07) is 2.70. The minimum atomic E-state index is -5.07. The van der Waals surface area contributed by atoms with Gasteiger partial charge in [0.15, 0.2) is 6.23 Å². The zero-order valence-corrected chi connectivity index (χ0v) is 56.5. The minimum absolute atomic E-state index is 0. The van der Waals surface area contributed by atoms with Crippen molar-refractivity contribution < 1.29 is 83.8 Å². The van der Waals surface area contributed by atoms with E-state index in [-0.39, 0.29) is 101 Å². The first-order valence-electron chi connectivity index (χ1n) is 30.6. The summed E-state index contributed by atoms with van der Waals surface area (Å²) in [6.07, 6.45) is -4.26. The van der Waals surface area contributed by atoms with Crippen molar-refractivity contribution in [1.82, 2.24) is 20.2 Å². The van der Waals surface area contributed by atoms with Gasteiger partial charge < -0.3 is 76.9 Å². The van der Waals surface area contributed by atoms with E-state index >= 15 is 0 Å². The van der Waals surface area contributed by atoms with Crippen LogP contribution in [-0.4, -0.2) is 132 Å². The Labute approximate surface area is 547 Å². The third-order valence-electron chi connectivity index (χ3n) is 20.6. The number of hydrogen-bond donors (Lipinski definition) is 11. The number of phosphoric ester groups is 1. The number of carbonyl (C=O) groups is 7. The van der Waals surface area contributed by atoms with Gasteiger partial charge in [-0.15, -0.1) is 0 Å². The summed E-state index contributed by atoms with van der Waals surface area (Å²) in [5.41, 5.74) is 37.4. The number of hydrogen-bond acceptors (Lipinski definition) is 18. The van der Waals surface area contributed by atoms with E-state index < -0.39 is 143 Å². The largest absolute Gasteiger partial charge is 2.00 e. The summed E-state index contributed by atoms with van der Waals surface area (Å²) in [5, 5.41) is 28.2. The number of primary amides is 6. The molecule has 2 fully saturated rings. The van der Waals surface area contributed by atoms with Crippen LogP contribution >= 0.6 is 7.82 Å². The molecule has 8 rings (SSSR count). The quantitative estimate of drug-likeness (QED) is 0.0473. The van der Waals surface area contributed by atoms with E-state index in [1.807, 2.05) is 87.4 Å². The van der Waals surface area contributed by atoms with Crippen LogP contribution in [0.4, 0.5) is 0 Å². The molecule has 1 radical (unpaired) electrons. The molecule has 8 bridgehead atoms. The van der Waals surface area contributed by atoms with Crippen molar-refractivity contribution in [2.45, 2.75) is 189 Å². The number of carbonyl (C=O) groups excluding carboxylic acids is 7. The van der Waals surface area contributed by atoms with Crippen LogP contribution in [0.1, 0.15) is 150 Å². The second-order valence-corrected chi connectivity index (χ2v) is 28.4. The van der Waals surface area contributed by atoms with E-state index in [2.05, 4.69) is 15.6 Å². The van der Waals surface area contributed by atoms with Gasteiger partial charge in [-0.25, -0.2) is 9.55 Å². The van der Waals surface area contributed by atoms with E-state index in [1.165, 1.54) is 13.3 Å². The molecule has 0 saturated carbocycles. The number of nitrogens with two attached hydrogens (primary N) is 6. The number of aromatic nitrogens is 2. The number of allylic oxidation sites excluding steroid dienone is 6. The van der Waals surface area contributed by atoms with Crippen LogP contribution in [0.5, 0.6) is 0 Å². The molecule has 17 N–H and O–H groups in total. The van der Waals surface area contributed by atoms with Gasteiger partial charge in [0.05, 0.1) is 41.7 Å². The first kappa shape index (κ1) is 74.5. The second kappa shape index (κ2) is 27.8. The number of amides is 7. The summed E-state index contributed by atoms with van der Waals surface area (Å²) in [6.45, 7) is 19.3. The third-order valence-corrected chi connectivity index (χ3v) is 21.7. The molecule has 0 spiro atoms. The number of imidazole rings is 1. The van der Waals surface area contributed by atoms with Crippen LogP contribution < -0.4 is 45.0 Å². The fourth-order valence-corrected chi connectivity index (χ4v) is 16.6. The number of nitrogens with zero attached hydrogens (tertiary/aromatic N) is 5. The van der Waals surface area contributed by atoms with Gasteiger partial charge in [0, 0.05) is 131 Å². The number of benzene rings is 1. The zero-order valence-electron chi connectivity index (χ0n) is 54.6. The molecule has 2 aromatic rings. The van der Waals surface area contributed by atoms with Crippen molar-refractivity contribution >= 4 is 77.3 Å². The summed E-state index contributed by atoms with van der Waals surface area (Å²) in [5.74, 6) is -7.18.